The molecule has 1 aromatic carbocycles. The molecule has 1 saturated heterocycles. The number of rotatable bonds is 2. The maximum atomic E-state index is 14.5. The molecule has 1 aliphatic heterocycles. The normalized spacial score (nSPS) is 32.0. The van der Waals surface area contributed by atoms with Gasteiger partial charge in [0.15, 0.2) is 11.1 Å². The van der Waals surface area contributed by atoms with Crippen LogP contribution in [0.25, 0.3) is 5.57 Å². The molecule has 0 saturated carbocycles. The fourth-order valence-electron chi connectivity index (χ4n) is 3.46. The van der Waals surface area contributed by atoms with Gasteiger partial charge in [0.2, 0.25) is 0 Å². The average Bonchev–Trinajstić information content (AvgIpc) is 2.82. The van der Waals surface area contributed by atoms with E-state index < -0.39 is 28.9 Å². The highest BCUT2D eigenvalue weighted by Crippen LogP contribution is 2.58. The molecule has 2 unspecified atom stereocenters. The molecule has 5 nitrogen and oxygen atoms in total. The van der Waals surface area contributed by atoms with Crippen molar-refractivity contribution in [3.8, 4) is 0 Å². The Bertz CT molecular complexity index is 856. The lowest BCUT2D eigenvalue weighted by molar-refractivity contribution is -0.130. The van der Waals surface area contributed by atoms with E-state index in [-0.39, 0.29) is 11.1 Å². The van der Waals surface area contributed by atoms with Crippen molar-refractivity contribution in [2.75, 3.05) is 0 Å². The van der Waals surface area contributed by atoms with Gasteiger partial charge in [-0.05, 0) is 18.1 Å². The SMILES string of the molecule is CC1(C2(O)c3ccc(-c4ccccc4)c2c3F)NC(=O)NC1=O. The molecule has 0 aromatic heterocycles. The van der Waals surface area contributed by atoms with E-state index in [1.54, 1.807) is 30.3 Å². The molecule has 4 rings (SSSR count). The molecule has 1 heterocycles. The fraction of sp³-hybridized carbons (Fsp3) is 0.176. The maximum Gasteiger partial charge on any atom is 0.322 e. The molecule has 2 aliphatic carbocycles. The Morgan fingerprint density at radius 1 is 1.13 bits per heavy atom. The van der Waals surface area contributed by atoms with Gasteiger partial charge in [-0.25, -0.2) is 9.18 Å². The molecular formula is C17H13FN2O3. The van der Waals surface area contributed by atoms with Gasteiger partial charge < -0.3 is 10.4 Å². The standard InChI is InChI=1S/C17H13FN2O3/c1-16(14(21)19-15(22)20-16)17(23)11-8-7-10(12(17)13(11)18)9-5-3-2-4-6-9/h2-8,23H,1H3,(H2,19,20,21,22). The van der Waals surface area contributed by atoms with E-state index in [9.17, 15) is 19.1 Å². The van der Waals surface area contributed by atoms with Gasteiger partial charge in [0.25, 0.3) is 5.91 Å². The predicted molar refractivity (Wildman–Crippen MR) is 80.7 cm³/mol. The third kappa shape index (κ3) is 1.48. The summed E-state index contributed by atoms with van der Waals surface area (Å²) in [6.45, 7) is 1.39. The number of carbonyl (C=O) groups is 2. The van der Waals surface area contributed by atoms with E-state index in [4.69, 9.17) is 0 Å². The quantitative estimate of drug-likeness (QED) is 0.726. The number of hydrogen-bond donors (Lipinski definition) is 3. The van der Waals surface area contributed by atoms with Crippen LogP contribution in [0.3, 0.4) is 0 Å². The zero-order valence-electron chi connectivity index (χ0n) is 12.2. The minimum Gasteiger partial charge on any atom is -0.377 e. The second-order valence-corrected chi connectivity index (χ2v) is 5.96. The lowest BCUT2D eigenvalue weighted by atomic mass is 9.58. The van der Waals surface area contributed by atoms with Crippen LogP contribution in [0.15, 0.2) is 59.5 Å². The second-order valence-electron chi connectivity index (χ2n) is 5.96. The molecule has 116 valence electrons. The molecule has 0 radical (unpaired) electrons. The maximum absolute atomic E-state index is 14.5. The van der Waals surface area contributed by atoms with Gasteiger partial charge in [-0.15, -0.1) is 0 Å². The number of imide groups is 1. The molecule has 2 atom stereocenters. The number of amides is 3. The molecule has 1 aromatic rings. The Kier molecular flexibility index (Phi) is 2.52. The molecule has 3 amide bonds. The van der Waals surface area contributed by atoms with Gasteiger partial charge in [-0.3, -0.25) is 10.1 Å². The molecule has 1 fully saturated rings. The number of hydrogen-bond acceptors (Lipinski definition) is 3. The van der Waals surface area contributed by atoms with Crippen molar-refractivity contribution in [2.24, 2.45) is 0 Å². The summed E-state index contributed by atoms with van der Waals surface area (Å²) in [7, 11) is 0. The van der Waals surface area contributed by atoms with Crippen LogP contribution in [-0.4, -0.2) is 28.2 Å². The zero-order chi connectivity index (χ0) is 16.4. The topological polar surface area (TPSA) is 78.4 Å². The number of fused-ring (bicyclic) bond motifs is 2. The Morgan fingerprint density at radius 2 is 1.83 bits per heavy atom. The molecule has 3 aliphatic rings. The Labute approximate surface area is 131 Å². The first kappa shape index (κ1) is 13.9. The van der Waals surface area contributed by atoms with Gasteiger partial charge in [0.05, 0.1) is 0 Å². The number of urea groups is 1. The van der Waals surface area contributed by atoms with Crippen LogP contribution in [0.5, 0.6) is 0 Å². The second kappa shape index (κ2) is 4.17. The number of carbonyl (C=O) groups excluding carboxylic acids is 2. The van der Waals surface area contributed by atoms with Crippen LogP contribution < -0.4 is 10.6 Å². The van der Waals surface area contributed by atoms with E-state index in [0.29, 0.717) is 5.57 Å². The first-order chi connectivity index (χ1) is 10.9. The average molecular weight is 312 g/mol. The van der Waals surface area contributed by atoms with E-state index >= 15 is 0 Å². The first-order valence-electron chi connectivity index (χ1n) is 7.14. The van der Waals surface area contributed by atoms with Crippen molar-refractivity contribution in [1.82, 2.24) is 10.6 Å². The van der Waals surface area contributed by atoms with Gasteiger partial charge in [0.1, 0.15) is 5.83 Å². The zero-order valence-corrected chi connectivity index (χ0v) is 12.2. The summed E-state index contributed by atoms with van der Waals surface area (Å²) in [6.07, 6.45) is 3.16. The fourth-order valence-corrected chi connectivity index (χ4v) is 3.46. The number of allylic oxidation sites excluding steroid dienone is 2. The van der Waals surface area contributed by atoms with Crippen LogP contribution in [-0.2, 0) is 4.79 Å². The minimum atomic E-state index is -1.90. The monoisotopic (exact) mass is 312 g/mol. The summed E-state index contributed by atoms with van der Waals surface area (Å²) < 4.78 is 14.5. The number of halogens is 1. The molecule has 0 spiro atoms. The highest BCUT2D eigenvalue weighted by atomic mass is 19.1. The third-order valence-corrected chi connectivity index (χ3v) is 4.75. The lowest BCUT2D eigenvalue weighted by Crippen LogP contribution is -2.68. The highest BCUT2D eigenvalue weighted by molar-refractivity contribution is 6.10. The van der Waals surface area contributed by atoms with Crippen LogP contribution in [0.1, 0.15) is 12.5 Å². The summed E-state index contributed by atoms with van der Waals surface area (Å²) in [5.41, 5.74) is -2.30. The van der Waals surface area contributed by atoms with Crippen molar-refractivity contribution in [1.29, 1.82) is 0 Å². The number of aliphatic hydroxyl groups is 1. The van der Waals surface area contributed by atoms with Crippen molar-refractivity contribution in [3.05, 3.63) is 65.0 Å². The van der Waals surface area contributed by atoms with Crippen LogP contribution in [0.2, 0.25) is 0 Å². The van der Waals surface area contributed by atoms with Gasteiger partial charge in [0, 0.05) is 11.1 Å². The largest absolute Gasteiger partial charge is 0.377 e. The molecule has 6 heteroatoms. The van der Waals surface area contributed by atoms with Gasteiger partial charge >= 0.3 is 6.03 Å². The van der Waals surface area contributed by atoms with Crippen LogP contribution in [0.4, 0.5) is 9.18 Å². The first-order valence-corrected chi connectivity index (χ1v) is 7.14. The minimum absolute atomic E-state index is 0.00651. The van der Waals surface area contributed by atoms with Gasteiger partial charge in [-0.1, -0.05) is 42.5 Å². The third-order valence-electron chi connectivity index (χ3n) is 4.75. The summed E-state index contributed by atoms with van der Waals surface area (Å²) in [4.78, 5) is 23.7. The van der Waals surface area contributed by atoms with E-state index in [0.717, 1.165) is 5.56 Å². The summed E-state index contributed by atoms with van der Waals surface area (Å²) in [5, 5.41) is 15.7. The summed E-state index contributed by atoms with van der Waals surface area (Å²) in [6, 6.07) is 8.31. The van der Waals surface area contributed by atoms with Crippen LogP contribution >= 0.6 is 0 Å². The van der Waals surface area contributed by atoms with E-state index in [2.05, 4.69) is 10.6 Å². The van der Waals surface area contributed by atoms with Crippen molar-refractivity contribution in [2.45, 2.75) is 18.1 Å². The Hall–Kier alpha value is -2.73. The summed E-state index contributed by atoms with van der Waals surface area (Å²) in [5.74, 6) is -1.24. The van der Waals surface area contributed by atoms with Gasteiger partial charge in [-0.2, -0.15) is 0 Å². The smallest absolute Gasteiger partial charge is 0.322 e. The number of benzene rings is 1. The van der Waals surface area contributed by atoms with E-state index in [1.165, 1.54) is 13.0 Å². The summed E-state index contributed by atoms with van der Waals surface area (Å²) >= 11 is 0. The molecule has 3 N–H and O–H groups in total. The number of nitrogens with one attached hydrogen (secondary N) is 2. The van der Waals surface area contributed by atoms with Crippen molar-refractivity contribution < 1.29 is 19.1 Å². The molecule has 2 bridgehead atoms. The predicted octanol–water partition coefficient (Wildman–Crippen LogP) is 1.58. The molecular weight excluding hydrogens is 299 g/mol. The highest BCUT2D eigenvalue weighted by Gasteiger charge is 2.68. The van der Waals surface area contributed by atoms with Crippen molar-refractivity contribution >= 4 is 17.5 Å². The van der Waals surface area contributed by atoms with E-state index in [1.807, 2.05) is 6.07 Å². The Morgan fingerprint density at radius 3 is 2.39 bits per heavy atom. The van der Waals surface area contributed by atoms with Crippen molar-refractivity contribution in [3.63, 3.8) is 0 Å². The lowest BCUT2D eigenvalue weighted by Gasteiger charge is -2.51. The van der Waals surface area contributed by atoms with Crippen LogP contribution in [0, 0.1) is 0 Å². The molecule has 23 heavy (non-hydrogen) atoms. The Balaban J connectivity index is 1.86.